The summed E-state index contributed by atoms with van der Waals surface area (Å²) in [5.74, 6) is -2.49. The highest BCUT2D eigenvalue weighted by molar-refractivity contribution is 5.94. The molecule has 0 bridgehead atoms. The van der Waals surface area contributed by atoms with Crippen molar-refractivity contribution in [1.82, 2.24) is 31.5 Å². The lowest BCUT2D eigenvalue weighted by Gasteiger charge is -2.41. The first-order valence-corrected chi connectivity index (χ1v) is 31.1. The van der Waals surface area contributed by atoms with E-state index in [4.69, 9.17) is 87.0 Å². The lowest BCUT2D eigenvalue weighted by molar-refractivity contribution is -0.172. The molecule has 0 aromatic rings. The van der Waals surface area contributed by atoms with E-state index >= 15 is 0 Å². The Morgan fingerprint density at radius 2 is 1.20 bits per heavy atom. The molecule has 0 unspecified atom stereocenters. The van der Waals surface area contributed by atoms with Crippen LogP contribution in [0.3, 0.4) is 0 Å². The van der Waals surface area contributed by atoms with Gasteiger partial charge in [-0.2, -0.15) is 0 Å². The number of hydrogen-bond donors (Lipinski definition) is 5. The molecule has 4 aliphatic heterocycles. The maximum Gasteiger partial charge on any atom is 0.508 e. The smallest absolute Gasteiger partial charge is 0.479 e. The van der Waals surface area contributed by atoms with E-state index in [0.717, 1.165) is 14.2 Å². The van der Waals surface area contributed by atoms with Crippen molar-refractivity contribution >= 4 is 66.1 Å². The SMILES string of the molecule is C#CCOCCOCCOCCOCCC(=O)N(CCCCNC(=O)O[C@@H]([C@@H]1OC(C(=O)OC)=C[C@H](NC(=C)NC(=O)OC(C)(C)C)[C@H]1NC(C)=O)[C@H]1COC(=O)O1)CCOCCCC(=O)O[C@@H]([C@@H]1OC(C(=O)OC)=C[C@H](N=C(C)NC(=O)OC(C)(C)C)[C@H]1C)[C@H]1COC(=O)O1. The highest BCUT2D eigenvalue weighted by atomic mass is 16.8. The van der Waals surface area contributed by atoms with Crippen molar-refractivity contribution in [2.24, 2.45) is 10.9 Å². The molecule has 34 nitrogen and oxygen atoms in total. The molecule has 34 heteroatoms. The Labute approximate surface area is 557 Å². The summed E-state index contributed by atoms with van der Waals surface area (Å²) in [6, 6.07) is -3.22. The lowest BCUT2D eigenvalue weighted by Crippen LogP contribution is -2.64. The summed E-state index contributed by atoms with van der Waals surface area (Å²) in [6.45, 7) is 19.8. The average Bonchev–Trinajstić information content (AvgIpc) is 1.36. The van der Waals surface area contributed by atoms with E-state index in [0.29, 0.717) is 32.8 Å². The van der Waals surface area contributed by atoms with Gasteiger partial charge in [0.05, 0.1) is 91.6 Å². The van der Waals surface area contributed by atoms with Crippen LogP contribution < -0.4 is 26.6 Å². The fourth-order valence-electron chi connectivity index (χ4n) is 9.44. The number of cyclic esters (lactones) is 4. The van der Waals surface area contributed by atoms with Gasteiger partial charge in [-0.3, -0.25) is 30.0 Å². The van der Waals surface area contributed by atoms with Crippen LogP contribution in [-0.4, -0.2) is 250 Å². The molecule has 4 aliphatic rings. The van der Waals surface area contributed by atoms with Crippen LogP contribution in [0.2, 0.25) is 0 Å². The standard InChI is InChI=1S/C62H93N7O27/c1-14-23-82-27-29-85-31-32-86-30-28-84-25-19-47(71)69(22-26-83-24-17-18-48(72)93-51(45-35-87-59(78)91-45)50-37(2)41(33-43(89-50)54(73)80-12)64-38(3)66-57(76)95-61(6,7)8)21-16-15-20-63-56(75)94-52(46-36-88-60(79)92-46)53-49(68-40(5)70)42(34-44(90-53)55(74)81-13)65-39(4)67-58(77)96-62(9,10)11/h1,33-34,37,41-42,45-46,49-53,65H,4,15-32,35-36H2,2-3,5-13H3,(H,63,75)(H,67,77)(H,68,70)(H,64,66,76)/t37-,41+,42+,45-,46-,49-,50-,51-,52-,53-/m1/s1. The summed E-state index contributed by atoms with van der Waals surface area (Å²) in [5, 5.41) is 13.2. The number of rotatable bonds is 38. The Morgan fingerprint density at radius 3 is 1.75 bits per heavy atom. The highest BCUT2D eigenvalue weighted by Gasteiger charge is 2.51. The molecule has 0 aromatic carbocycles. The third-order valence-electron chi connectivity index (χ3n) is 13.7. The molecule has 0 radical (unpaired) electrons. The van der Waals surface area contributed by atoms with Crippen LogP contribution in [0.25, 0.3) is 0 Å². The summed E-state index contributed by atoms with van der Waals surface area (Å²) in [6.07, 6.45) is -4.56. The normalized spacial score (nSPS) is 21.3. The molecule has 0 saturated carbocycles. The number of carbonyl (C=O) groups excluding carboxylic acids is 10. The van der Waals surface area contributed by atoms with Gasteiger partial charge in [0.15, 0.2) is 30.5 Å². The summed E-state index contributed by atoms with van der Waals surface area (Å²) in [4.78, 5) is 136. The van der Waals surface area contributed by atoms with Crippen molar-refractivity contribution in [2.75, 3.05) is 113 Å². The minimum atomic E-state index is -1.58. The zero-order valence-electron chi connectivity index (χ0n) is 56.3. The minimum absolute atomic E-state index is 0.0172. The molecule has 5 N–H and O–H groups in total. The van der Waals surface area contributed by atoms with Crippen LogP contribution in [-0.2, 0) is 104 Å². The number of aliphatic imine (C=N–C) groups is 1. The molecule has 4 rings (SSSR count). The number of unbranched alkanes of at least 4 members (excludes halogenated alkanes) is 1. The zero-order chi connectivity index (χ0) is 71.0. The lowest BCUT2D eigenvalue weighted by atomic mass is 9.87. The Morgan fingerprint density at radius 1 is 0.656 bits per heavy atom. The molecule has 538 valence electrons. The number of carbonyl (C=O) groups is 10. The summed E-state index contributed by atoms with van der Waals surface area (Å²) in [7, 11) is 2.23. The molecule has 96 heavy (non-hydrogen) atoms. The topological polar surface area (TPSA) is 403 Å². The van der Waals surface area contributed by atoms with Crippen LogP contribution in [0.15, 0.2) is 41.1 Å². The number of amides is 5. The third-order valence-corrected chi connectivity index (χ3v) is 13.7. The van der Waals surface area contributed by atoms with Gasteiger partial charge in [-0.25, -0.2) is 33.6 Å². The van der Waals surface area contributed by atoms with Gasteiger partial charge in [-0.05, 0) is 79.9 Å². The van der Waals surface area contributed by atoms with Gasteiger partial charge in [-0.1, -0.05) is 19.4 Å². The van der Waals surface area contributed by atoms with Crippen LogP contribution in [0.1, 0.15) is 94.4 Å². The Bertz CT molecular complexity index is 2780. The van der Waals surface area contributed by atoms with E-state index in [1.165, 1.54) is 26.0 Å². The predicted octanol–water partition coefficient (Wildman–Crippen LogP) is 2.88. The van der Waals surface area contributed by atoms with Gasteiger partial charge in [0.25, 0.3) is 0 Å². The van der Waals surface area contributed by atoms with Gasteiger partial charge >= 0.3 is 48.5 Å². The van der Waals surface area contributed by atoms with Crippen molar-refractivity contribution in [2.45, 2.75) is 160 Å². The van der Waals surface area contributed by atoms with E-state index in [2.05, 4.69) is 44.1 Å². The zero-order valence-corrected chi connectivity index (χ0v) is 56.3. The maximum atomic E-state index is 13.7. The van der Waals surface area contributed by atoms with Crippen LogP contribution in [0.5, 0.6) is 0 Å². The number of nitrogens with zero attached hydrogens (tertiary/aromatic N) is 2. The number of nitrogens with one attached hydrogen (secondary N) is 5. The molecule has 10 atom stereocenters. The number of hydrogen-bond acceptors (Lipinski definition) is 29. The first-order valence-electron chi connectivity index (χ1n) is 31.1. The van der Waals surface area contributed by atoms with Crippen LogP contribution >= 0.6 is 0 Å². The Kier molecular flexibility index (Phi) is 33.8. The number of terminal acetylenes is 1. The largest absolute Gasteiger partial charge is 0.508 e. The number of methoxy groups -OCH3 is 2. The second kappa shape index (κ2) is 40.7. The predicted molar refractivity (Wildman–Crippen MR) is 332 cm³/mol. The van der Waals surface area contributed by atoms with E-state index in [1.54, 1.807) is 53.4 Å². The molecule has 5 amide bonds. The third kappa shape index (κ3) is 29.6. The molecule has 0 aromatic heterocycles. The number of alkyl carbamates (subject to hydrolysis) is 3. The van der Waals surface area contributed by atoms with E-state index < -0.39 is 139 Å². The van der Waals surface area contributed by atoms with Crippen LogP contribution in [0, 0.1) is 18.3 Å². The van der Waals surface area contributed by atoms with Gasteiger partial charge in [0.2, 0.25) is 23.3 Å². The fourth-order valence-corrected chi connectivity index (χ4v) is 9.44. The first-order chi connectivity index (χ1) is 45.5. The van der Waals surface area contributed by atoms with E-state index in [-0.39, 0.29) is 115 Å². The average molecular weight is 1370 g/mol. The quantitative estimate of drug-likeness (QED) is 0.0148. The van der Waals surface area contributed by atoms with E-state index in [1.807, 2.05) is 0 Å². The molecular formula is C62H93N7O27. The van der Waals surface area contributed by atoms with Crippen LogP contribution in [0.4, 0.5) is 24.0 Å². The van der Waals surface area contributed by atoms with Crippen molar-refractivity contribution in [3.63, 3.8) is 0 Å². The fraction of sp³-hybridized carbons (Fsp3) is 0.694. The Hall–Kier alpha value is -8.65. The van der Waals surface area contributed by atoms with Crippen molar-refractivity contribution in [1.29, 1.82) is 0 Å². The number of esters is 3. The van der Waals surface area contributed by atoms with Gasteiger partial charge in [-0.15, -0.1) is 6.42 Å². The summed E-state index contributed by atoms with van der Waals surface area (Å²) in [5.41, 5.74) is -1.69. The van der Waals surface area contributed by atoms with Gasteiger partial charge in [0.1, 0.15) is 48.8 Å². The molecule has 2 saturated heterocycles. The molecule has 0 spiro atoms. The maximum absolute atomic E-state index is 13.7. The monoisotopic (exact) mass is 1370 g/mol. The second-order valence-electron chi connectivity index (χ2n) is 23.7. The number of ether oxygens (including phenoxy) is 17. The van der Waals surface area contributed by atoms with Gasteiger partial charge < -0.3 is 101 Å². The van der Waals surface area contributed by atoms with E-state index in [9.17, 15) is 47.9 Å². The molecule has 0 aliphatic carbocycles. The summed E-state index contributed by atoms with van der Waals surface area (Å²) >= 11 is 0. The second-order valence-corrected chi connectivity index (χ2v) is 23.7. The Balaban J connectivity index is 1.40. The molecule has 2 fully saturated rings. The molecule has 4 heterocycles. The van der Waals surface area contributed by atoms with Crippen molar-refractivity contribution in [3.8, 4) is 12.3 Å². The highest BCUT2D eigenvalue weighted by Crippen LogP contribution is 2.34. The minimum Gasteiger partial charge on any atom is -0.479 e. The molecular weight excluding hydrogens is 1270 g/mol. The van der Waals surface area contributed by atoms with Crippen molar-refractivity contribution < 1.29 is 128 Å². The summed E-state index contributed by atoms with van der Waals surface area (Å²) < 4.78 is 92.9. The first kappa shape index (κ1) is 79.8. The van der Waals surface area contributed by atoms with Gasteiger partial charge in [0, 0.05) is 45.5 Å². The number of amidine groups is 1. The van der Waals surface area contributed by atoms with Crippen molar-refractivity contribution in [3.05, 3.63) is 36.1 Å².